The molecule has 2 rings (SSSR count). The van der Waals surface area contributed by atoms with Crippen LogP contribution < -0.4 is 5.32 Å². The van der Waals surface area contributed by atoms with E-state index in [-0.39, 0.29) is 18.1 Å². The van der Waals surface area contributed by atoms with Crippen LogP contribution in [-0.2, 0) is 9.53 Å². The van der Waals surface area contributed by atoms with Gasteiger partial charge >= 0.3 is 0 Å². The summed E-state index contributed by atoms with van der Waals surface area (Å²) in [6, 6.07) is 0.0422. The Morgan fingerprint density at radius 2 is 2.27 bits per heavy atom. The molecule has 0 aromatic carbocycles. The highest BCUT2D eigenvalue weighted by Crippen LogP contribution is 2.20. The SMILES string of the molecule is COC1CCN(C(=O)C2NCCC2C)C1. The van der Waals surface area contributed by atoms with E-state index in [4.69, 9.17) is 4.74 Å². The number of carbonyl (C=O) groups excluding carboxylic acids is 1. The summed E-state index contributed by atoms with van der Waals surface area (Å²) in [7, 11) is 1.72. The van der Waals surface area contributed by atoms with Crippen molar-refractivity contribution in [1.82, 2.24) is 10.2 Å². The fourth-order valence-electron chi connectivity index (χ4n) is 2.48. The molecule has 86 valence electrons. The Kier molecular flexibility index (Phi) is 3.26. The van der Waals surface area contributed by atoms with Gasteiger partial charge in [0.2, 0.25) is 5.91 Å². The summed E-state index contributed by atoms with van der Waals surface area (Å²) >= 11 is 0. The summed E-state index contributed by atoms with van der Waals surface area (Å²) in [4.78, 5) is 14.1. The van der Waals surface area contributed by atoms with Crippen molar-refractivity contribution in [2.45, 2.75) is 31.9 Å². The highest BCUT2D eigenvalue weighted by atomic mass is 16.5. The topological polar surface area (TPSA) is 41.6 Å². The summed E-state index contributed by atoms with van der Waals surface area (Å²) in [5.41, 5.74) is 0. The molecular formula is C11H20N2O2. The van der Waals surface area contributed by atoms with E-state index in [1.165, 1.54) is 0 Å². The summed E-state index contributed by atoms with van der Waals surface area (Å²) in [6.07, 6.45) is 2.33. The fraction of sp³-hybridized carbons (Fsp3) is 0.909. The quantitative estimate of drug-likeness (QED) is 0.712. The predicted octanol–water partition coefficient (Wildman–Crippen LogP) is 0.232. The number of likely N-dealkylation sites (tertiary alicyclic amines) is 1. The van der Waals surface area contributed by atoms with Gasteiger partial charge in [0.25, 0.3) is 0 Å². The number of rotatable bonds is 2. The van der Waals surface area contributed by atoms with Crippen LogP contribution in [0.25, 0.3) is 0 Å². The van der Waals surface area contributed by atoms with E-state index in [2.05, 4.69) is 12.2 Å². The summed E-state index contributed by atoms with van der Waals surface area (Å²) in [6.45, 7) is 4.73. The van der Waals surface area contributed by atoms with Crippen molar-refractivity contribution in [1.29, 1.82) is 0 Å². The van der Waals surface area contributed by atoms with E-state index in [1.54, 1.807) is 7.11 Å². The van der Waals surface area contributed by atoms with E-state index in [0.717, 1.165) is 32.5 Å². The van der Waals surface area contributed by atoms with Crippen LogP contribution in [0.5, 0.6) is 0 Å². The van der Waals surface area contributed by atoms with Crippen LogP contribution in [-0.4, -0.2) is 49.7 Å². The van der Waals surface area contributed by atoms with Gasteiger partial charge in [-0.25, -0.2) is 0 Å². The zero-order valence-corrected chi connectivity index (χ0v) is 9.53. The molecule has 0 aliphatic carbocycles. The van der Waals surface area contributed by atoms with Gasteiger partial charge in [0.05, 0.1) is 12.1 Å². The smallest absolute Gasteiger partial charge is 0.240 e. The van der Waals surface area contributed by atoms with Gasteiger partial charge in [-0.3, -0.25) is 4.79 Å². The molecule has 3 atom stereocenters. The number of amides is 1. The lowest BCUT2D eigenvalue weighted by Crippen LogP contribution is -2.45. The highest BCUT2D eigenvalue weighted by Gasteiger charge is 2.35. The number of carbonyl (C=O) groups is 1. The van der Waals surface area contributed by atoms with Crippen LogP contribution in [0.15, 0.2) is 0 Å². The third-order valence-electron chi connectivity index (χ3n) is 3.59. The number of ether oxygens (including phenoxy) is 1. The minimum atomic E-state index is 0.0422. The van der Waals surface area contributed by atoms with Gasteiger partial charge in [0.15, 0.2) is 0 Å². The lowest BCUT2D eigenvalue weighted by molar-refractivity contribution is -0.133. The van der Waals surface area contributed by atoms with Crippen molar-refractivity contribution in [3.8, 4) is 0 Å². The standard InChI is InChI=1S/C11H20N2O2/c1-8-3-5-12-10(8)11(14)13-6-4-9(7-13)15-2/h8-10,12H,3-7H2,1-2H3. The Morgan fingerprint density at radius 1 is 1.47 bits per heavy atom. The first kappa shape index (κ1) is 10.9. The maximum atomic E-state index is 12.1. The van der Waals surface area contributed by atoms with Crippen LogP contribution in [0.3, 0.4) is 0 Å². The molecule has 2 aliphatic heterocycles. The van der Waals surface area contributed by atoms with Crippen molar-refractivity contribution in [2.75, 3.05) is 26.7 Å². The maximum Gasteiger partial charge on any atom is 0.240 e. The van der Waals surface area contributed by atoms with Crippen molar-refractivity contribution in [3.63, 3.8) is 0 Å². The van der Waals surface area contributed by atoms with Crippen molar-refractivity contribution >= 4 is 5.91 Å². The van der Waals surface area contributed by atoms with E-state index in [0.29, 0.717) is 5.92 Å². The van der Waals surface area contributed by atoms with Crippen molar-refractivity contribution in [3.05, 3.63) is 0 Å². The molecular weight excluding hydrogens is 192 g/mol. The normalized spacial score (nSPS) is 36.1. The third-order valence-corrected chi connectivity index (χ3v) is 3.59. The maximum absolute atomic E-state index is 12.1. The zero-order chi connectivity index (χ0) is 10.8. The predicted molar refractivity (Wildman–Crippen MR) is 57.6 cm³/mol. The molecule has 4 nitrogen and oxygen atoms in total. The second-order valence-electron chi connectivity index (χ2n) is 4.63. The van der Waals surface area contributed by atoms with Gasteiger partial charge < -0.3 is 15.0 Å². The second-order valence-corrected chi connectivity index (χ2v) is 4.63. The molecule has 1 amide bonds. The molecule has 2 fully saturated rings. The summed E-state index contributed by atoms with van der Waals surface area (Å²) < 4.78 is 5.27. The number of nitrogens with one attached hydrogen (secondary N) is 1. The number of nitrogens with zero attached hydrogens (tertiary/aromatic N) is 1. The molecule has 4 heteroatoms. The lowest BCUT2D eigenvalue weighted by Gasteiger charge is -2.23. The summed E-state index contributed by atoms with van der Waals surface area (Å²) in [5.74, 6) is 0.735. The van der Waals surface area contributed by atoms with Gasteiger partial charge in [0.1, 0.15) is 0 Å². The summed E-state index contributed by atoms with van der Waals surface area (Å²) in [5, 5.41) is 3.28. The van der Waals surface area contributed by atoms with Gasteiger partial charge in [0, 0.05) is 20.2 Å². The Hall–Kier alpha value is -0.610. The molecule has 15 heavy (non-hydrogen) atoms. The average molecular weight is 212 g/mol. The number of hydrogen-bond acceptors (Lipinski definition) is 3. The van der Waals surface area contributed by atoms with Crippen molar-refractivity contribution < 1.29 is 9.53 Å². The fourth-order valence-corrected chi connectivity index (χ4v) is 2.48. The van der Waals surface area contributed by atoms with Crippen LogP contribution >= 0.6 is 0 Å². The first-order valence-corrected chi connectivity index (χ1v) is 5.77. The first-order valence-electron chi connectivity index (χ1n) is 5.77. The van der Waals surface area contributed by atoms with Gasteiger partial charge in [-0.2, -0.15) is 0 Å². The van der Waals surface area contributed by atoms with E-state index in [1.807, 2.05) is 4.90 Å². The Bertz CT molecular complexity index is 245. The second kappa shape index (κ2) is 4.49. The van der Waals surface area contributed by atoms with Gasteiger partial charge in [-0.15, -0.1) is 0 Å². The minimum absolute atomic E-state index is 0.0422. The zero-order valence-electron chi connectivity index (χ0n) is 9.53. The number of hydrogen-bond donors (Lipinski definition) is 1. The molecule has 3 unspecified atom stereocenters. The van der Waals surface area contributed by atoms with Gasteiger partial charge in [-0.1, -0.05) is 6.92 Å². The minimum Gasteiger partial charge on any atom is -0.380 e. The van der Waals surface area contributed by atoms with Crippen LogP contribution in [0.4, 0.5) is 0 Å². The molecule has 0 aromatic heterocycles. The first-order chi connectivity index (χ1) is 7.22. The monoisotopic (exact) mass is 212 g/mol. The van der Waals surface area contributed by atoms with Gasteiger partial charge in [-0.05, 0) is 25.3 Å². The molecule has 0 spiro atoms. The van der Waals surface area contributed by atoms with Crippen LogP contribution in [0.2, 0.25) is 0 Å². The largest absolute Gasteiger partial charge is 0.380 e. The third kappa shape index (κ3) is 2.16. The molecule has 0 saturated carbocycles. The van der Waals surface area contributed by atoms with Crippen LogP contribution in [0, 0.1) is 5.92 Å². The molecule has 0 aromatic rings. The number of methoxy groups -OCH3 is 1. The van der Waals surface area contributed by atoms with E-state index < -0.39 is 0 Å². The molecule has 0 bridgehead atoms. The lowest BCUT2D eigenvalue weighted by atomic mass is 10.0. The van der Waals surface area contributed by atoms with E-state index >= 15 is 0 Å². The Labute approximate surface area is 91.0 Å². The molecule has 2 heterocycles. The van der Waals surface area contributed by atoms with E-state index in [9.17, 15) is 4.79 Å². The van der Waals surface area contributed by atoms with Crippen molar-refractivity contribution in [2.24, 2.45) is 5.92 Å². The Balaban J connectivity index is 1.91. The highest BCUT2D eigenvalue weighted by molar-refractivity contribution is 5.82. The average Bonchev–Trinajstić information content (AvgIpc) is 2.84. The molecule has 0 radical (unpaired) electrons. The molecule has 2 saturated heterocycles. The molecule has 1 N–H and O–H groups in total. The van der Waals surface area contributed by atoms with Crippen LogP contribution in [0.1, 0.15) is 19.8 Å². The molecule has 2 aliphatic rings. The Morgan fingerprint density at radius 3 is 2.80 bits per heavy atom.